The van der Waals surface area contributed by atoms with E-state index in [9.17, 15) is 4.79 Å². The van der Waals surface area contributed by atoms with Gasteiger partial charge in [-0.1, -0.05) is 19.3 Å². The summed E-state index contributed by atoms with van der Waals surface area (Å²) >= 11 is 0. The number of rotatable bonds is 3. The van der Waals surface area contributed by atoms with Crippen LogP contribution in [0.2, 0.25) is 0 Å². The van der Waals surface area contributed by atoms with Gasteiger partial charge in [0.2, 0.25) is 5.95 Å². The molecule has 82 valence electrons. The predicted octanol–water partition coefficient (Wildman–Crippen LogP) is 1.64. The van der Waals surface area contributed by atoms with Gasteiger partial charge in [-0.3, -0.25) is 9.36 Å². The Morgan fingerprint density at radius 2 is 2.07 bits per heavy atom. The standard InChI is InChI=1S/C10H16N4O/c1-11-10-13-12-9(7-15)14(10)8-5-3-2-4-6-8/h7-8H,2-6H2,1H3,(H,11,13). The molecular formula is C10H16N4O. The van der Waals surface area contributed by atoms with Gasteiger partial charge < -0.3 is 5.32 Å². The smallest absolute Gasteiger partial charge is 0.224 e. The zero-order chi connectivity index (χ0) is 10.7. The van der Waals surface area contributed by atoms with E-state index in [1.54, 1.807) is 7.05 Å². The van der Waals surface area contributed by atoms with Crippen molar-refractivity contribution in [2.75, 3.05) is 12.4 Å². The quantitative estimate of drug-likeness (QED) is 0.767. The van der Waals surface area contributed by atoms with Crippen molar-refractivity contribution in [3.8, 4) is 0 Å². The highest BCUT2D eigenvalue weighted by Gasteiger charge is 2.21. The molecule has 1 aliphatic carbocycles. The summed E-state index contributed by atoms with van der Waals surface area (Å²) in [5.74, 6) is 1.13. The summed E-state index contributed by atoms with van der Waals surface area (Å²) in [6, 6.07) is 0.386. The SMILES string of the molecule is CNc1nnc(C=O)n1C1CCCCC1. The summed E-state index contributed by atoms with van der Waals surface area (Å²) in [6.45, 7) is 0. The van der Waals surface area contributed by atoms with Gasteiger partial charge in [0.15, 0.2) is 12.1 Å². The Kier molecular flexibility index (Phi) is 2.99. The van der Waals surface area contributed by atoms with Crippen molar-refractivity contribution in [2.24, 2.45) is 0 Å². The Hall–Kier alpha value is -1.39. The van der Waals surface area contributed by atoms with E-state index >= 15 is 0 Å². The number of hydrogen-bond donors (Lipinski definition) is 1. The molecule has 0 saturated heterocycles. The molecule has 0 aliphatic heterocycles. The maximum absolute atomic E-state index is 10.8. The number of carbonyl (C=O) groups excluding carboxylic acids is 1. The van der Waals surface area contributed by atoms with E-state index in [1.807, 2.05) is 4.57 Å². The predicted molar refractivity (Wildman–Crippen MR) is 57.1 cm³/mol. The zero-order valence-electron chi connectivity index (χ0n) is 8.94. The monoisotopic (exact) mass is 208 g/mol. The molecule has 1 aliphatic rings. The average Bonchev–Trinajstić information content (AvgIpc) is 2.72. The minimum Gasteiger partial charge on any atom is -0.357 e. The van der Waals surface area contributed by atoms with E-state index in [0.717, 1.165) is 19.1 Å². The third-order valence-electron chi connectivity index (χ3n) is 2.99. The molecule has 1 fully saturated rings. The van der Waals surface area contributed by atoms with Crippen molar-refractivity contribution < 1.29 is 4.79 Å². The molecule has 1 aromatic heterocycles. The van der Waals surface area contributed by atoms with E-state index in [-0.39, 0.29) is 0 Å². The van der Waals surface area contributed by atoms with Gasteiger partial charge in [-0.05, 0) is 12.8 Å². The number of aldehydes is 1. The lowest BCUT2D eigenvalue weighted by molar-refractivity contribution is 0.110. The molecule has 0 radical (unpaired) electrons. The lowest BCUT2D eigenvalue weighted by Crippen LogP contribution is -2.17. The number of carbonyl (C=O) groups is 1. The fraction of sp³-hybridized carbons (Fsp3) is 0.700. The van der Waals surface area contributed by atoms with Crippen molar-refractivity contribution in [3.63, 3.8) is 0 Å². The van der Waals surface area contributed by atoms with Crippen molar-refractivity contribution >= 4 is 12.2 Å². The van der Waals surface area contributed by atoms with Gasteiger partial charge in [0.25, 0.3) is 0 Å². The van der Waals surface area contributed by atoms with Crippen molar-refractivity contribution in [1.82, 2.24) is 14.8 Å². The van der Waals surface area contributed by atoms with E-state index in [4.69, 9.17) is 0 Å². The molecule has 5 heteroatoms. The molecule has 15 heavy (non-hydrogen) atoms. The summed E-state index contributed by atoms with van der Waals surface area (Å²) in [7, 11) is 1.80. The number of nitrogens with zero attached hydrogens (tertiary/aromatic N) is 3. The van der Waals surface area contributed by atoms with Crippen LogP contribution in [0.4, 0.5) is 5.95 Å². The summed E-state index contributed by atoms with van der Waals surface area (Å²) in [4.78, 5) is 10.8. The summed E-state index contributed by atoms with van der Waals surface area (Å²) < 4.78 is 1.94. The van der Waals surface area contributed by atoms with E-state index < -0.39 is 0 Å². The first-order valence-electron chi connectivity index (χ1n) is 5.44. The Bertz CT molecular complexity index is 341. The lowest BCUT2D eigenvalue weighted by atomic mass is 9.95. The second kappa shape index (κ2) is 4.42. The third-order valence-corrected chi connectivity index (χ3v) is 2.99. The fourth-order valence-electron chi connectivity index (χ4n) is 2.25. The van der Waals surface area contributed by atoms with Gasteiger partial charge in [0, 0.05) is 13.1 Å². The minimum absolute atomic E-state index is 0.386. The fourth-order valence-corrected chi connectivity index (χ4v) is 2.25. The van der Waals surface area contributed by atoms with Crippen LogP contribution in [0.25, 0.3) is 0 Å². The molecule has 0 spiro atoms. The summed E-state index contributed by atoms with van der Waals surface area (Å²) in [5.41, 5.74) is 0. The maximum atomic E-state index is 10.8. The van der Waals surface area contributed by atoms with Crippen LogP contribution in [0.3, 0.4) is 0 Å². The number of hydrogen-bond acceptors (Lipinski definition) is 4. The van der Waals surface area contributed by atoms with Gasteiger partial charge in [0.1, 0.15) is 0 Å². The zero-order valence-corrected chi connectivity index (χ0v) is 8.94. The first kappa shape index (κ1) is 10.1. The Morgan fingerprint density at radius 3 is 2.67 bits per heavy atom. The molecule has 1 aromatic rings. The van der Waals surface area contributed by atoms with E-state index in [0.29, 0.717) is 17.8 Å². The topological polar surface area (TPSA) is 59.8 Å². The molecule has 1 saturated carbocycles. The van der Waals surface area contributed by atoms with Gasteiger partial charge in [-0.15, -0.1) is 10.2 Å². The van der Waals surface area contributed by atoms with E-state index in [1.165, 1.54) is 19.3 Å². The van der Waals surface area contributed by atoms with E-state index in [2.05, 4.69) is 15.5 Å². The molecular weight excluding hydrogens is 192 g/mol. The molecule has 0 atom stereocenters. The van der Waals surface area contributed by atoms with Crippen LogP contribution in [0.15, 0.2) is 0 Å². The molecule has 1 heterocycles. The molecule has 0 aromatic carbocycles. The first-order valence-corrected chi connectivity index (χ1v) is 5.44. The largest absolute Gasteiger partial charge is 0.357 e. The normalized spacial score (nSPS) is 17.7. The number of aromatic nitrogens is 3. The maximum Gasteiger partial charge on any atom is 0.224 e. The summed E-state index contributed by atoms with van der Waals surface area (Å²) in [5, 5.41) is 10.8. The Morgan fingerprint density at radius 1 is 1.33 bits per heavy atom. The molecule has 0 bridgehead atoms. The van der Waals surface area contributed by atoms with Crippen molar-refractivity contribution in [2.45, 2.75) is 38.1 Å². The van der Waals surface area contributed by atoms with Crippen LogP contribution in [0, 0.1) is 0 Å². The minimum atomic E-state index is 0.386. The van der Waals surface area contributed by atoms with Gasteiger partial charge in [0.05, 0.1) is 0 Å². The van der Waals surface area contributed by atoms with Gasteiger partial charge in [-0.25, -0.2) is 0 Å². The number of nitrogens with one attached hydrogen (secondary N) is 1. The van der Waals surface area contributed by atoms with Crippen LogP contribution < -0.4 is 5.32 Å². The first-order chi connectivity index (χ1) is 7.36. The highest BCUT2D eigenvalue weighted by molar-refractivity contribution is 5.70. The molecule has 0 unspecified atom stereocenters. The molecule has 2 rings (SSSR count). The highest BCUT2D eigenvalue weighted by atomic mass is 16.1. The average molecular weight is 208 g/mol. The van der Waals surface area contributed by atoms with Crippen LogP contribution >= 0.6 is 0 Å². The van der Waals surface area contributed by atoms with Crippen LogP contribution in [0.5, 0.6) is 0 Å². The Balaban J connectivity index is 2.30. The van der Waals surface area contributed by atoms with Crippen LogP contribution in [-0.4, -0.2) is 28.1 Å². The van der Waals surface area contributed by atoms with Gasteiger partial charge in [-0.2, -0.15) is 0 Å². The van der Waals surface area contributed by atoms with Crippen molar-refractivity contribution in [1.29, 1.82) is 0 Å². The lowest BCUT2D eigenvalue weighted by Gasteiger charge is -2.24. The number of anilines is 1. The molecule has 1 N–H and O–H groups in total. The van der Waals surface area contributed by atoms with Crippen LogP contribution in [-0.2, 0) is 0 Å². The summed E-state index contributed by atoms with van der Waals surface area (Å²) in [6.07, 6.45) is 6.77. The second-order valence-corrected chi connectivity index (χ2v) is 3.91. The van der Waals surface area contributed by atoms with Gasteiger partial charge >= 0.3 is 0 Å². The third kappa shape index (κ3) is 1.86. The Labute approximate surface area is 88.9 Å². The highest BCUT2D eigenvalue weighted by Crippen LogP contribution is 2.30. The second-order valence-electron chi connectivity index (χ2n) is 3.91. The van der Waals surface area contributed by atoms with Crippen LogP contribution in [0.1, 0.15) is 48.8 Å². The molecule has 0 amide bonds. The molecule has 5 nitrogen and oxygen atoms in total. The van der Waals surface area contributed by atoms with Crippen molar-refractivity contribution in [3.05, 3.63) is 5.82 Å².